The van der Waals surface area contributed by atoms with Gasteiger partial charge in [-0.2, -0.15) is 10.1 Å². The van der Waals surface area contributed by atoms with Crippen LogP contribution in [0.3, 0.4) is 0 Å². The quantitative estimate of drug-likeness (QED) is 0.786. The first-order chi connectivity index (χ1) is 11.6. The molecular formula is C16H15N5O3. The summed E-state index contributed by atoms with van der Waals surface area (Å²) in [7, 11) is 1.73. The number of amides is 1. The van der Waals surface area contributed by atoms with Crippen molar-refractivity contribution >= 4 is 5.91 Å². The summed E-state index contributed by atoms with van der Waals surface area (Å²) < 4.78 is 12.4. The Labute approximate surface area is 137 Å². The third-order valence-electron chi connectivity index (χ3n) is 3.93. The number of nitrogens with one attached hydrogen (secondary N) is 1. The second-order valence-corrected chi connectivity index (χ2v) is 5.58. The van der Waals surface area contributed by atoms with Gasteiger partial charge in [0, 0.05) is 24.4 Å². The van der Waals surface area contributed by atoms with Crippen LogP contribution in [0.25, 0.3) is 11.5 Å². The monoisotopic (exact) mass is 325 g/mol. The summed E-state index contributed by atoms with van der Waals surface area (Å²) in [5.41, 5.74) is 2.21. The third kappa shape index (κ3) is 2.41. The maximum Gasteiger partial charge on any atom is 0.270 e. The Bertz CT molecular complexity index is 914. The Hall–Kier alpha value is -3.16. The van der Waals surface area contributed by atoms with Gasteiger partial charge in [0.15, 0.2) is 5.82 Å². The summed E-state index contributed by atoms with van der Waals surface area (Å²) in [6, 6.07) is 7.10. The molecule has 1 amide bonds. The molecule has 4 rings (SSSR count). The van der Waals surface area contributed by atoms with Crippen molar-refractivity contribution in [2.75, 3.05) is 6.61 Å². The van der Waals surface area contributed by atoms with E-state index in [2.05, 4.69) is 20.6 Å². The summed E-state index contributed by atoms with van der Waals surface area (Å²) >= 11 is 0. The van der Waals surface area contributed by atoms with E-state index in [-0.39, 0.29) is 11.9 Å². The molecule has 122 valence electrons. The van der Waals surface area contributed by atoms with Crippen molar-refractivity contribution in [3.8, 4) is 17.2 Å². The second-order valence-electron chi connectivity index (χ2n) is 5.58. The molecule has 1 N–H and O–H groups in total. The molecule has 24 heavy (non-hydrogen) atoms. The number of carbonyl (C=O) groups is 1. The van der Waals surface area contributed by atoms with Crippen molar-refractivity contribution in [3.05, 3.63) is 47.5 Å². The number of carbonyl (C=O) groups excluding carboxylic acids is 1. The number of benzene rings is 1. The van der Waals surface area contributed by atoms with E-state index in [9.17, 15) is 4.79 Å². The van der Waals surface area contributed by atoms with Crippen LogP contribution in [0.1, 0.15) is 27.9 Å². The van der Waals surface area contributed by atoms with Gasteiger partial charge in [-0.25, -0.2) is 0 Å². The van der Waals surface area contributed by atoms with Crippen molar-refractivity contribution in [3.63, 3.8) is 0 Å². The number of rotatable bonds is 3. The van der Waals surface area contributed by atoms with Gasteiger partial charge in [-0.3, -0.25) is 9.48 Å². The molecule has 0 radical (unpaired) electrons. The molecule has 0 saturated carbocycles. The van der Waals surface area contributed by atoms with E-state index >= 15 is 0 Å². The fourth-order valence-corrected chi connectivity index (χ4v) is 2.71. The first kappa shape index (κ1) is 14.4. The first-order valence-electron chi connectivity index (χ1n) is 7.48. The highest BCUT2D eigenvalue weighted by Crippen LogP contribution is 2.35. The molecule has 0 unspecified atom stereocenters. The van der Waals surface area contributed by atoms with E-state index < -0.39 is 0 Å². The van der Waals surface area contributed by atoms with Gasteiger partial charge < -0.3 is 14.6 Å². The molecule has 0 saturated heterocycles. The molecule has 0 spiro atoms. The average Bonchev–Trinajstić information content (AvgIpc) is 3.27. The minimum atomic E-state index is -0.208. The van der Waals surface area contributed by atoms with Gasteiger partial charge in [-0.05, 0) is 25.1 Å². The van der Waals surface area contributed by atoms with Gasteiger partial charge in [0.1, 0.15) is 18.1 Å². The molecule has 0 fully saturated rings. The van der Waals surface area contributed by atoms with Gasteiger partial charge in [0.25, 0.3) is 11.8 Å². The Morgan fingerprint density at radius 2 is 2.25 bits per heavy atom. The van der Waals surface area contributed by atoms with Crippen LogP contribution in [0.4, 0.5) is 0 Å². The van der Waals surface area contributed by atoms with E-state index in [0.717, 1.165) is 11.1 Å². The number of aryl methyl sites for hydroxylation is 2. The fourth-order valence-electron chi connectivity index (χ4n) is 2.71. The summed E-state index contributed by atoms with van der Waals surface area (Å²) in [6.45, 7) is 2.14. The lowest BCUT2D eigenvalue weighted by Gasteiger charge is -2.11. The number of aromatic nitrogens is 4. The lowest BCUT2D eigenvalue weighted by Crippen LogP contribution is -2.30. The molecule has 0 aliphatic carbocycles. The van der Waals surface area contributed by atoms with Gasteiger partial charge >= 0.3 is 0 Å². The molecule has 8 nitrogen and oxygen atoms in total. The predicted octanol–water partition coefficient (Wildman–Crippen LogP) is 1.64. The Balaban J connectivity index is 1.56. The molecule has 0 bridgehead atoms. The van der Waals surface area contributed by atoms with Gasteiger partial charge in [0.05, 0.1) is 6.04 Å². The number of nitrogens with zero attached hydrogens (tertiary/aromatic N) is 4. The minimum Gasteiger partial charge on any atom is -0.491 e. The zero-order valence-corrected chi connectivity index (χ0v) is 13.2. The van der Waals surface area contributed by atoms with E-state index in [1.54, 1.807) is 26.2 Å². The van der Waals surface area contributed by atoms with Crippen molar-refractivity contribution in [1.82, 2.24) is 25.2 Å². The van der Waals surface area contributed by atoms with E-state index in [1.807, 2.05) is 18.2 Å². The van der Waals surface area contributed by atoms with Crippen LogP contribution in [-0.2, 0) is 7.05 Å². The molecule has 3 heterocycles. The summed E-state index contributed by atoms with van der Waals surface area (Å²) in [6.07, 6.45) is 1.59. The Kier molecular flexibility index (Phi) is 3.30. The van der Waals surface area contributed by atoms with E-state index in [0.29, 0.717) is 29.8 Å². The van der Waals surface area contributed by atoms with Crippen molar-refractivity contribution < 1.29 is 14.1 Å². The first-order valence-corrected chi connectivity index (χ1v) is 7.48. The van der Waals surface area contributed by atoms with Crippen LogP contribution >= 0.6 is 0 Å². The Morgan fingerprint density at radius 3 is 2.96 bits per heavy atom. The van der Waals surface area contributed by atoms with Crippen LogP contribution in [0, 0.1) is 6.92 Å². The van der Waals surface area contributed by atoms with E-state index in [1.165, 1.54) is 4.68 Å². The van der Waals surface area contributed by atoms with Crippen LogP contribution in [-0.4, -0.2) is 32.4 Å². The lowest BCUT2D eigenvalue weighted by atomic mass is 10.1. The fraction of sp³-hybridized carbons (Fsp3) is 0.250. The van der Waals surface area contributed by atoms with Crippen LogP contribution in [0.2, 0.25) is 0 Å². The standard InChI is InChI=1S/C16H15N5O3/c1-9-18-16(24-20-9)10-3-4-11-12(8-23-14(11)7-10)19-15(22)13-5-6-17-21(13)2/h3-7,12H,8H2,1-2H3,(H,19,22)/t12-/m1/s1. The van der Waals surface area contributed by atoms with Crippen LogP contribution in [0.15, 0.2) is 35.0 Å². The average molecular weight is 325 g/mol. The smallest absolute Gasteiger partial charge is 0.270 e. The highest BCUT2D eigenvalue weighted by Gasteiger charge is 2.27. The Morgan fingerprint density at radius 1 is 1.38 bits per heavy atom. The number of hydrogen-bond donors (Lipinski definition) is 1. The normalized spacial score (nSPS) is 15.8. The van der Waals surface area contributed by atoms with Crippen molar-refractivity contribution in [1.29, 1.82) is 0 Å². The molecule has 1 atom stereocenters. The molecule has 1 aliphatic heterocycles. The van der Waals surface area contributed by atoms with Crippen molar-refractivity contribution in [2.45, 2.75) is 13.0 Å². The zero-order valence-electron chi connectivity index (χ0n) is 13.2. The summed E-state index contributed by atoms with van der Waals surface area (Å²) in [5.74, 6) is 1.54. The highest BCUT2D eigenvalue weighted by atomic mass is 16.5. The summed E-state index contributed by atoms with van der Waals surface area (Å²) in [4.78, 5) is 16.5. The van der Waals surface area contributed by atoms with Crippen LogP contribution in [0.5, 0.6) is 5.75 Å². The molecule has 1 aromatic carbocycles. The van der Waals surface area contributed by atoms with Gasteiger partial charge in [-0.15, -0.1) is 0 Å². The maximum atomic E-state index is 12.3. The second kappa shape index (κ2) is 5.48. The number of fused-ring (bicyclic) bond motifs is 1. The van der Waals surface area contributed by atoms with Gasteiger partial charge in [0.2, 0.25) is 0 Å². The van der Waals surface area contributed by atoms with Gasteiger partial charge in [-0.1, -0.05) is 11.2 Å². The topological polar surface area (TPSA) is 95.1 Å². The van der Waals surface area contributed by atoms with Crippen LogP contribution < -0.4 is 10.1 Å². The number of ether oxygens (including phenoxy) is 1. The van der Waals surface area contributed by atoms with Crippen molar-refractivity contribution in [2.24, 2.45) is 7.05 Å². The maximum absolute atomic E-state index is 12.3. The largest absolute Gasteiger partial charge is 0.491 e. The lowest BCUT2D eigenvalue weighted by molar-refractivity contribution is 0.0921. The third-order valence-corrected chi connectivity index (χ3v) is 3.93. The summed E-state index contributed by atoms with van der Waals surface area (Å²) in [5, 5.41) is 10.8. The van der Waals surface area contributed by atoms with E-state index in [4.69, 9.17) is 9.26 Å². The zero-order chi connectivity index (χ0) is 16.7. The predicted molar refractivity (Wildman–Crippen MR) is 83.4 cm³/mol. The molecule has 8 heteroatoms. The molecule has 2 aromatic heterocycles. The molecule has 1 aliphatic rings. The number of hydrogen-bond acceptors (Lipinski definition) is 6. The minimum absolute atomic E-state index is 0.187. The molecular weight excluding hydrogens is 310 g/mol. The highest BCUT2D eigenvalue weighted by molar-refractivity contribution is 5.92. The molecule has 3 aromatic rings. The SMILES string of the molecule is Cc1noc(-c2ccc3c(c2)OC[C@H]3NC(=O)c2ccnn2C)n1.